The van der Waals surface area contributed by atoms with Gasteiger partial charge in [0.1, 0.15) is 6.61 Å². The summed E-state index contributed by atoms with van der Waals surface area (Å²) in [5.74, 6) is -0.0602. The van der Waals surface area contributed by atoms with Crippen LogP contribution < -0.4 is 11.1 Å². The number of unbranched alkanes of at least 4 members (excludes halogenated alkanes) is 1. The Morgan fingerprint density at radius 1 is 1.40 bits per heavy atom. The minimum Gasteiger partial charge on any atom is -0.372 e. The molecule has 0 saturated carbocycles. The maximum atomic E-state index is 11.4. The van der Waals surface area contributed by atoms with Crippen molar-refractivity contribution in [3.63, 3.8) is 0 Å². The van der Waals surface area contributed by atoms with E-state index in [1.165, 1.54) is 0 Å². The minimum atomic E-state index is -0.0602. The minimum absolute atomic E-state index is 0.0602. The highest BCUT2D eigenvalue weighted by molar-refractivity contribution is 5.77. The van der Waals surface area contributed by atoms with Crippen LogP contribution in [0.3, 0.4) is 0 Å². The van der Waals surface area contributed by atoms with Crippen LogP contribution in [0.5, 0.6) is 0 Å². The van der Waals surface area contributed by atoms with Crippen molar-refractivity contribution in [1.82, 2.24) is 5.32 Å². The van der Waals surface area contributed by atoms with Gasteiger partial charge >= 0.3 is 0 Å². The zero-order valence-corrected chi connectivity index (χ0v) is 9.92. The summed E-state index contributed by atoms with van der Waals surface area (Å²) in [6, 6.07) is 0.0997. The average molecular weight is 216 g/mol. The molecule has 0 spiro atoms. The Kier molecular flexibility index (Phi) is 9.52. The lowest BCUT2D eigenvalue weighted by Gasteiger charge is -2.16. The molecule has 3 N–H and O–H groups in total. The lowest BCUT2D eigenvalue weighted by molar-refractivity contribution is -0.126. The summed E-state index contributed by atoms with van der Waals surface area (Å²) in [4.78, 5) is 11.4. The van der Waals surface area contributed by atoms with E-state index in [1.54, 1.807) is 0 Å². The van der Waals surface area contributed by atoms with Gasteiger partial charge in [0.2, 0.25) is 5.91 Å². The van der Waals surface area contributed by atoms with Crippen LogP contribution in [0.1, 0.15) is 39.5 Å². The van der Waals surface area contributed by atoms with Crippen molar-refractivity contribution in [2.75, 3.05) is 19.8 Å². The van der Waals surface area contributed by atoms with Crippen LogP contribution in [0.4, 0.5) is 0 Å². The Morgan fingerprint density at radius 3 is 2.67 bits per heavy atom. The highest BCUT2D eigenvalue weighted by atomic mass is 16.5. The van der Waals surface area contributed by atoms with E-state index in [2.05, 4.69) is 12.2 Å². The smallest absolute Gasteiger partial charge is 0.246 e. The summed E-state index contributed by atoms with van der Waals surface area (Å²) in [7, 11) is 0. The SMILES string of the molecule is CCCCC(CN)NC(=O)COCCC. The molecule has 4 nitrogen and oxygen atoms in total. The number of carbonyl (C=O) groups is 1. The molecule has 0 saturated heterocycles. The van der Waals surface area contributed by atoms with Gasteiger partial charge in [-0.1, -0.05) is 26.7 Å². The molecule has 0 aromatic rings. The van der Waals surface area contributed by atoms with Crippen LogP contribution in [0.2, 0.25) is 0 Å². The first kappa shape index (κ1) is 14.4. The predicted octanol–water partition coefficient (Wildman–Crippen LogP) is 1.05. The number of nitrogens with one attached hydrogen (secondary N) is 1. The third-order valence-electron chi connectivity index (χ3n) is 2.14. The van der Waals surface area contributed by atoms with Crippen molar-refractivity contribution in [2.45, 2.75) is 45.6 Å². The summed E-state index contributed by atoms with van der Waals surface area (Å²) in [5, 5.41) is 2.87. The van der Waals surface area contributed by atoms with Crippen LogP contribution >= 0.6 is 0 Å². The monoisotopic (exact) mass is 216 g/mol. The van der Waals surface area contributed by atoms with Gasteiger partial charge < -0.3 is 15.8 Å². The fourth-order valence-electron chi connectivity index (χ4n) is 1.28. The van der Waals surface area contributed by atoms with Gasteiger partial charge in [-0.2, -0.15) is 0 Å². The van der Waals surface area contributed by atoms with E-state index in [0.717, 1.165) is 25.7 Å². The Hall–Kier alpha value is -0.610. The molecule has 0 fully saturated rings. The predicted molar refractivity (Wildman–Crippen MR) is 61.6 cm³/mol. The van der Waals surface area contributed by atoms with Gasteiger partial charge in [-0.3, -0.25) is 4.79 Å². The van der Waals surface area contributed by atoms with Gasteiger partial charge in [0.25, 0.3) is 0 Å². The number of hydrogen-bond donors (Lipinski definition) is 2. The molecule has 0 bridgehead atoms. The zero-order chi connectivity index (χ0) is 11.5. The van der Waals surface area contributed by atoms with Crippen LogP contribution in [-0.4, -0.2) is 31.7 Å². The second-order valence-corrected chi connectivity index (χ2v) is 3.69. The molecule has 0 rings (SSSR count). The van der Waals surface area contributed by atoms with E-state index in [4.69, 9.17) is 10.5 Å². The molecule has 0 aliphatic heterocycles. The van der Waals surface area contributed by atoms with Crippen molar-refractivity contribution in [3.05, 3.63) is 0 Å². The van der Waals surface area contributed by atoms with E-state index < -0.39 is 0 Å². The molecule has 0 aromatic heterocycles. The van der Waals surface area contributed by atoms with Crippen molar-refractivity contribution in [3.8, 4) is 0 Å². The summed E-state index contributed by atoms with van der Waals surface area (Å²) >= 11 is 0. The Morgan fingerprint density at radius 2 is 2.13 bits per heavy atom. The normalized spacial score (nSPS) is 12.5. The van der Waals surface area contributed by atoms with Gasteiger partial charge in [-0.25, -0.2) is 0 Å². The Balaban J connectivity index is 3.60. The molecule has 4 heteroatoms. The molecule has 15 heavy (non-hydrogen) atoms. The molecule has 0 aliphatic carbocycles. The second kappa shape index (κ2) is 9.93. The molecule has 0 heterocycles. The van der Waals surface area contributed by atoms with Gasteiger partial charge in [0.05, 0.1) is 0 Å². The summed E-state index contributed by atoms with van der Waals surface area (Å²) in [6.07, 6.45) is 4.10. The molecule has 1 amide bonds. The van der Waals surface area contributed by atoms with Crippen molar-refractivity contribution in [1.29, 1.82) is 0 Å². The van der Waals surface area contributed by atoms with E-state index in [9.17, 15) is 4.79 Å². The van der Waals surface area contributed by atoms with Gasteiger partial charge in [-0.05, 0) is 12.8 Å². The summed E-state index contributed by atoms with van der Waals surface area (Å²) in [5.41, 5.74) is 5.56. The van der Waals surface area contributed by atoms with E-state index in [0.29, 0.717) is 13.2 Å². The van der Waals surface area contributed by atoms with Gasteiger partial charge in [-0.15, -0.1) is 0 Å². The molecule has 0 aromatic carbocycles. The van der Waals surface area contributed by atoms with Crippen molar-refractivity contribution in [2.24, 2.45) is 5.73 Å². The van der Waals surface area contributed by atoms with Crippen LogP contribution in [0.15, 0.2) is 0 Å². The summed E-state index contributed by atoms with van der Waals surface area (Å²) < 4.78 is 5.14. The number of amides is 1. The molecular formula is C11H24N2O2. The molecule has 90 valence electrons. The maximum absolute atomic E-state index is 11.4. The third-order valence-corrected chi connectivity index (χ3v) is 2.14. The first-order chi connectivity index (χ1) is 7.24. The lowest BCUT2D eigenvalue weighted by Crippen LogP contribution is -2.41. The zero-order valence-electron chi connectivity index (χ0n) is 9.92. The first-order valence-electron chi connectivity index (χ1n) is 5.81. The first-order valence-corrected chi connectivity index (χ1v) is 5.81. The van der Waals surface area contributed by atoms with E-state index >= 15 is 0 Å². The number of hydrogen-bond acceptors (Lipinski definition) is 3. The second-order valence-electron chi connectivity index (χ2n) is 3.69. The number of rotatable bonds is 9. The van der Waals surface area contributed by atoms with E-state index in [-0.39, 0.29) is 18.6 Å². The van der Waals surface area contributed by atoms with Crippen LogP contribution in [-0.2, 0) is 9.53 Å². The fourth-order valence-corrected chi connectivity index (χ4v) is 1.28. The average Bonchev–Trinajstić information content (AvgIpc) is 2.24. The third kappa shape index (κ3) is 8.39. The maximum Gasteiger partial charge on any atom is 0.246 e. The molecule has 0 radical (unpaired) electrons. The van der Waals surface area contributed by atoms with Crippen LogP contribution in [0, 0.1) is 0 Å². The van der Waals surface area contributed by atoms with Gasteiger partial charge in [0, 0.05) is 19.2 Å². The lowest BCUT2D eigenvalue weighted by atomic mass is 10.1. The highest BCUT2D eigenvalue weighted by Crippen LogP contribution is 1.98. The molecule has 1 unspecified atom stereocenters. The number of ether oxygens (including phenoxy) is 1. The van der Waals surface area contributed by atoms with Crippen LogP contribution in [0.25, 0.3) is 0 Å². The number of carbonyl (C=O) groups excluding carboxylic acids is 1. The molecule has 1 atom stereocenters. The Bertz CT molecular complexity index is 163. The topological polar surface area (TPSA) is 64.3 Å². The van der Waals surface area contributed by atoms with Gasteiger partial charge in [0.15, 0.2) is 0 Å². The standard InChI is InChI=1S/C11H24N2O2/c1-3-5-6-10(8-12)13-11(14)9-15-7-4-2/h10H,3-9,12H2,1-2H3,(H,13,14). The largest absolute Gasteiger partial charge is 0.372 e. The molecule has 0 aliphatic rings. The fraction of sp³-hybridized carbons (Fsp3) is 0.909. The quantitative estimate of drug-likeness (QED) is 0.566. The van der Waals surface area contributed by atoms with Crippen molar-refractivity contribution < 1.29 is 9.53 Å². The Labute approximate surface area is 92.6 Å². The summed E-state index contributed by atoms with van der Waals surface area (Å²) in [6.45, 7) is 5.42. The van der Waals surface area contributed by atoms with E-state index in [1.807, 2.05) is 6.92 Å². The van der Waals surface area contributed by atoms with Crippen molar-refractivity contribution >= 4 is 5.91 Å². The molecular weight excluding hydrogens is 192 g/mol. The highest BCUT2D eigenvalue weighted by Gasteiger charge is 2.09. The number of nitrogens with two attached hydrogens (primary N) is 1.